The fraction of sp³-hybridized carbons (Fsp3) is 0.300. The van der Waals surface area contributed by atoms with Gasteiger partial charge in [0.05, 0.1) is 14.2 Å². The lowest BCUT2D eigenvalue weighted by molar-refractivity contribution is -0.142. The number of benzene rings is 1. The van der Waals surface area contributed by atoms with Crippen molar-refractivity contribution < 1.29 is 19.4 Å². The number of phenolic OH excluding ortho intramolecular Hbond substituents is 1. The van der Waals surface area contributed by atoms with E-state index < -0.39 is 12.0 Å². The van der Waals surface area contributed by atoms with E-state index in [0.29, 0.717) is 4.47 Å². The molecule has 0 saturated heterocycles. The Labute approximate surface area is 101 Å². The zero-order valence-corrected chi connectivity index (χ0v) is 10.4. The second-order valence-corrected chi connectivity index (χ2v) is 3.96. The number of rotatable bonds is 3. The van der Waals surface area contributed by atoms with E-state index in [1.54, 1.807) is 12.1 Å². The Morgan fingerprint density at radius 2 is 2.12 bits per heavy atom. The van der Waals surface area contributed by atoms with Gasteiger partial charge >= 0.3 is 5.97 Å². The van der Waals surface area contributed by atoms with E-state index in [1.807, 2.05) is 0 Å². The summed E-state index contributed by atoms with van der Waals surface area (Å²) in [5, 5.41) is 9.79. The number of carbonyl (C=O) groups excluding carboxylic acids is 1. The number of halogens is 1. The summed E-state index contributed by atoms with van der Waals surface area (Å²) in [6.07, 6.45) is 0. The van der Waals surface area contributed by atoms with Crippen LogP contribution in [-0.4, -0.2) is 25.3 Å². The van der Waals surface area contributed by atoms with Gasteiger partial charge in [0.25, 0.3) is 0 Å². The van der Waals surface area contributed by atoms with Gasteiger partial charge in [0, 0.05) is 10.0 Å². The van der Waals surface area contributed by atoms with Crippen molar-refractivity contribution >= 4 is 21.9 Å². The summed E-state index contributed by atoms with van der Waals surface area (Å²) in [4.78, 5) is 11.3. The van der Waals surface area contributed by atoms with Gasteiger partial charge < -0.3 is 20.3 Å². The van der Waals surface area contributed by atoms with Crippen LogP contribution in [0.2, 0.25) is 0 Å². The second kappa shape index (κ2) is 5.18. The fourth-order valence-electron chi connectivity index (χ4n) is 1.24. The fourth-order valence-corrected chi connectivity index (χ4v) is 1.70. The average molecular weight is 290 g/mol. The first-order chi connectivity index (χ1) is 7.51. The minimum atomic E-state index is -1.05. The number of carbonyl (C=O) groups is 1. The molecule has 5 nitrogen and oxygen atoms in total. The number of nitrogens with two attached hydrogens (primary N) is 1. The molecular formula is C10H12BrNO4. The maximum Gasteiger partial charge on any atom is 0.327 e. The van der Waals surface area contributed by atoms with E-state index in [9.17, 15) is 9.90 Å². The molecule has 0 heterocycles. The first kappa shape index (κ1) is 12.8. The van der Waals surface area contributed by atoms with E-state index in [1.165, 1.54) is 14.2 Å². The van der Waals surface area contributed by atoms with Gasteiger partial charge in [-0.25, -0.2) is 0 Å². The molecule has 0 aliphatic heterocycles. The van der Waals surface area contributed by atoms with Crippen LogP contribution in [0.4, 0.5) is 0 Å². The monoisotopic (exact) mass is 289 g/mol. The van der Waals surface area contributed by atoms with Gasteiger partial charge in [-0.15, -0.1) is 0 Å². The lowest BCUT2D eigenvalue weighted by Gasteiger charge is -2.14. The van der Waals surface area contributed by atoms with E-state index in [0.717, 1.165) is 0 Å². The van der Waals surface area contributed by atoms with Crippen molar-refractivity contribution in [1.82, 2.24) is 0 Å². The summed E-state index contributed by atoms with van der Waals surface area (Å²) < 4.78 is 10.1. The molecule has 16 heavy (non-hydrogen) atoms. The topological polar surface area (TPSA) is 81.8 Å². The normalized spacial score (nSPS) is 12.0. The van der Waals surface area contributed by atoms with Gasteiger partial charge in [-0.3, -0.25) is 4.79 Å². The number of esters is 1. The Morgan fingerprint density at radius 3 is 2.62 bits per heavy atom. The maximum absolute atomic E-state index is 11.3. The third kappa shape index (κ3) is 2.45. The Hall–Kier alpha value is -1.27. The number of hydrogen-bond acceptors (Lipinski definition) is 5. The molecule has 3 N–H and O–H groups in total. The first-order valence-electron chi connectivity index (χ1n) is 4.41. The number of hydrogen-bond donors (Lipinski definition) is 2. The highest BCUT2D eigenvalue weighted by atomic mass is 79.9. The van der Waals surface area contributed by atoms with E-state index >= 15 is 0 Å². The van der Waals surface area contributed by atoms with Crippen molar-refractivity contribution in [2.45, 2.75) is 6.04 Å². The number of ether oxygens (including phenoxy) is 2. The Bertz CT molecular complexity index is 408. The molecule has 1 rings (SSSR count). The molecule has 0 amide bonds. The van der Waals surface area contributed by atoms with Crippen molar-refractivity contribution in [3.63, 3.8) is 0 Å². The highest BCUT2D eigenvalue weighted by molar-refractivity contribution is 9.10. The summed E-state index contributed by atoms with van der Waals surface area (Å²) in [5.41, 5.74) is 5.88. The molecule has 0 aliphatic rings. The van der Waals surface area contributed by atoms with Crippen molar-refractivity contribution in [3.8, 4) is 11.5 Å². The minimum absolute atomic E-state index is 0.163. The van der Waals surface area contributed by atoms with Crippen LogP contribution >= 0.6 is 15.9 Å². The minimum Gasteiger partial charge on any atom is -0.504 e. The molecular weight excluding hydrogens is 278 g/mol. The molecule has 0 radical (unpaired) electrons. The van der Waals surface area contributed by atoms with Crippen molar-refractivity contribution in [2.24, 2.45) is 5.73 Å². The quantitative estimate of drug-likeness (QED) is 0.821. The van der Waals surface area contributed by atoms with Crippen molar-refractivity contribution in [1.29, 1.82) is 0 Å². The van der Waals surface area contributed by atoms with Crippen LogP contribution in [0.25, 0.3) is 0 Å². The molecule has 1 aromatic rings. The van der Waals surface area contributed by atoms with Crippen molar-refractivity contribution in [2.75, 3.05) is 14.2 Å². The summed E-state index contributed by atoms with van der Waals surface area (Å²) in [6, 6.07) is 2.07. The maximum atomic E-state index is 11.3. The zero-order valence-electron chi connectivity index (χ0n) is 8.86. The van der Waals surface area contributed by atoms with Gasteiger partial charge in [-0.2, -0.15) is 0 Å². The van der Waals surface area contributed by atoms with Gasteiger partial charge in [0.15, 0.2) is 11.5 Å². The molecule has 0 spiro atoms. The highest BCUT2D eigenvalue weighted by Gasteiger charge is 2.22. The second-order valence-electron chi connectivity index (χ2n) is 3.05. The molecule has 0 fully saturated rings. The van der Waals surface area contributed by atoms with Gasteiger partial charge in [-0.1, -0.05) is 15.9 Å². The van der Waals surface area contributed by atoms with Crippen LogP contribution < -0.4 is 10.5 Å². The summed E-state index contributed by atoms with van der Waals surface area (Å²) in [7, 11) is 2.64. The average Bonchev–Trinajstić information content (AvgIpc) is 2.29. The number of aromatic hydroxyl groups is 1. The summed E-state index contributed by atoms with van der Waals surface area (Å²) >= 11 is 3.23. The lowest BCUT2D eigenvalue weighted by atomic mass is 10.1. The Morgan fingerprint density at radius 1 is 1.50 bits per heavy atom. The molecule has 0 aliphatic carbocycles. The van der Waals surface area contributed by atoms with Crippen LogP contribution in [0.15, 0.2) is 16.6 Å². The van der Waals surface area contributed by atoms with E-state index in [2.05, 4.69) is 20.7 Å². The largest absolute Gasteiger partial charge is 0.504 e. The molecule has 0 bridgehead atoms. The third-order valence-electron chi connectivity index (χ3n) is 2.08. The smallest absolute Gasteiger partial charge is 0.327 e. The van der Waals surface area contributed by atoms with Gasteiger partial charge in [0.1, 0.15) is 6.04 Å². The van der Waals surface area contributed by atoms with Crippen LogP contribution in [0.3, 0.4) is 0 Å². The summed E-state index contributed by atoms with van der Waals surface area (Å²) in [5.74, 6) is -0.553. The Kier molecular flexibility index (Phi) is 4.14. The predicted octanol–water partition coefficient (Wildman–Crippen LogP) is 1.34. The van der Waals surface area contributed by atoms with Crippen LogP contribution in [-0.2, 0) is 9.53 Å². The van der Waals surface area contributed by atoms with Crippen molar-refractivity contribution in [3.05, 3.63) is 22.2 Å². The van der Waals surface area contributed by atoms with E-state index in [-0.39, 0.29) is 17.1 Å². The summed E-state index contributed by atoms with van der Waals surface area (Å²) in [6.45, 7) is 0. The standard InChI is InChI=1S/C10H12BrNO4/c1-15-7-4-5(11)3-6(9(7)13)8(12)10(14)16-2/h3-4,8,13H,12H2,1-2H3/t8-/m0/s1. The van der Waals surface area contributed by atoms with Gasteiger partial charge in [0.2, 0.25) is 0 Å². The van der Waals surface area contributed by atoms with E-state index in [4.69, 9.17) is 10.5 Å². The Balaban J connectivity index is 3.22. The van der Waals surface area contributed by atoms with Crippen LogP contribution in [0, 0.1) is 0 Å². The third-order valence-corrected chi connectivity index (χ3v) is 2.54. The van der Waals surface area contributed by atoms with Crippen LogP contribution in [0.5, 0.6) is 11.5 Å². The molecule has 1 aromatic carbocycles. The predicted molar refractivity (Wildman–Crippen MR) is 61.3 cm³/mol. The SMILES string of the molecule is COC(=O)[C@@H](N)c1cc(Br)cc(OC)c1O. The molecule has 0 saturated carbocycles. The molecule has 88 valence electrons. The number of methoxy groups -OCH3 is 2. The first-order valence-corrected chi connectivity index (χ1v) is 5.20. The lowest BCUT2D eigenvalue weighted by Crippen LogP contribution is -2.22. The van der Waals surface area contributed by atoms with Gasteiger partial charge in [-0.05, 0) is 12.1 Å². The molecule has 0 unspecified atom stereocenters. The number of phenols is 1. The molecule has 0 aromatic heterocycles. The highest BCUT2D eigenvalue weighted by Crippen LogP contribution is 2.36. The molecule has 6 heteroatoms. The van der Waals surface area contributed by atoms with Crippen LogP contribution in [0.1, 0.15) is 11.6 Å². The zero-order chi connectivity index (χ0) is 12.3. The molecule has 1 atom stereocenters.